The van der Waals surface area contributed by atoms with Crippen LogP contribution in [0, 0.1) is 0 Å². The van der Waals surface area contributed by atoms with Gasteiger partial charge >= 0.3 is 0 Å². The van der Waals surface area contributed by atoms with Crippen molar-refractivity contribution in [1.29, 1.82) is 0 Å². The van der Waals surface area contributed by atoms with Crippen molar-refractivity contribution < 1.29 is 4.42 Å². The van der Waals surface area contributed by atoms with E-state index in [2.05, 4.69) is 21.2 Å². The number of nitrogens with one attached hydrogen (secondary N) is 1. The standard InChI is InChI=1S/C16H25N3O/c1-2-15-12-18(7-8-19(15)6-1)11-13-5-9-20-16(13)10-17-14-3-4-14/h5,9,14-15,17H,1-4,6-8,10-12H2. The Hall–Kier alpha value is -0.840. The topological polar surface area (TPSA) is 31.6 Å². The fourth-order valence-electron chi connectivity index (χ4n) is 3.63. The summed E-state index contributed by atoms with van der Waals surface area (Å²) < 4.78 is 5.67. The molecule has 3 heterocycles. The van der Waals surface area contributed by atoms with Crippen LogP contribution in [0.5, 0.6) is 0 Å². The second kappa shape index (κ2) is 5.51. The maximum Gasteiger partial charge on any atom is 0.122 e. The molecule has 1 aromatic heterocycles. The highest BCUT2D eigenvalue weighted by atomic mass is 16.3. The molecule has 0 aromatic carbocycles. The van der Waals surface area contributed by atoms with E-state index < -0.39 is 0 Å². The van der Waals surface area contributed by atoms with E-state index in [1.54, 1.807) is 0 Å². The Labute approximate surface area is 121 Å². The maximum atomic E-state index is 5.67. The van der Waals surface area contributed by atoms with Crippen LogP contribution >= 0.6 is 0 Å². The molecular weight excluding hydrogens is 250 g/mol. The van der Waals surface area contributed by atoms with E-state index in [0.717, 1.165) is 30.9 Å². The normalized spacial score (nSPS) is 27.9. The molecule has 4 heteroatoms. The average molecular weight is 275 g/mol. The molecule has 0 bridgehead atoms. The van der Waals surface area contributed by atoms with E-state index in [9.17, 15) is 0 Å². The van der Waals surface area contributed by atoms with Gasteiger partial charge in [-0.3, -0.25) is 9.80 Å². The zero-order valence-corrected chi connectivity index (χ0v) is 12.2. The summed E-state index contributed by atoms with van der Waals surface area (Å²) in [5.41, 5.74) is 1.38. The van der Waals surface area contributed by atoms with E-state index >= 15 is 0 Å². The minimum atomic E-state index is 0.745. The van der Waals surface area contributed by atoms with Gasteiger partial charge in [0, 0.05) is 43.8 Å². The first-order valence-electron chi connectivity index (χ1n) is 8.13. The summed E-state index contributed by atoms with van der Waals surface area (Å²) in [5, 5.41) is 3.55. The van der Waals surface area contributed by atoms with Crippen LogP contribution in [0.4, 0.5) is 0 Å². The Morgan fingerprint density at radius 1 is 1.20 bits per heavy atom. The lowest BCUT2D eigenvalue weighted by molar-refractivity contribution is 0.0989. The summed E-state index contributed by atoms with van der Waals surface area (Å²) in [5.74, 6) is 1.14. The molecule has 4 rings (SSSR count). The number of hydrogen-bond acceptors (Lipinski definition) is 4. The summed E-state index contributed by atoms with van der Waals surface area (Å²) in [6.45, 7) is 6.97. The fraction of sp³-hybridized carbons (Fsp3) is 0.750. The molecule has 20 heavy (non-hydrogen) atoms. The van der Waals surface area contributed by atoms with E-state index in [1.807, 2.05) is 6.26 Å². The Balaban J connectivity index is 1.35. The van der Waals surface area contributed by atoms with Crippen molar-refractivity contribution >= 4 is 0 Å². The highest BCUT2D eigenvalue weighted by Gasteiger charge is 2.30. The third-order valence-electron chi connectivity index (χ3n) is 5.03. The molecular formula is C16H25N3O. The van der Waals surface area contributed by atoms with Gasteiger partial charge in [-0.15, -0.1) is 0 Å². The Kier molecular flexibility index (Phi) is 3.54. The van der Waals surface area contributed by atoms with Gasteiger partial charge in [0.05, 0.1) is 12.8 Å². The van der Waals surface area contributed by atoms with E-state index in [-0.39, 0.29) is 0 Å². The number of piperazine rings is 1. The van der Waals surface area contributed by atoms with Crippen molar-refractivity contribution in [3.63, 3.8) is 0 Å². The van der Waals surface area contributed by atoms with Crippen LogP contribution in [-0.2, 0) is 13.1 Å². The SMILES string of the molecule is c1cc(CN2CCN3CCCC3C2)c(CNC2CC2)o1. The lowest BCUT2D eigenvalue weighted by Crippen LogP contribution is -2.49. The molecule has 1 aliphatic carbocycles. The molecule has 0 amide bonds. The summed E-state index contributed by atoms with van der Waals surface area (Å²) in [7, 11) is 0. The van der Waals surface area contributed by atoms with E-state index in [4.69, 9.17) is 4.42 Å². The van der Waals surface area contributed by atoms with Crippen LogP contribution < -0.4 is 5.32 Å². The minimum Gasteiger partial charge on any atom is -0.468 e. The molecule has 3 aliphatic rings. The first-order valence-corrected chi connectivity index (χ1v) is 8.13. The Morgan fingerprint density at radius 3 is 3.05 bits per heavy atom. The number of nitrogens with zero attached hydrogens (tertiary/aromatic N) is 2. The minimum absolute atomic E-state index is 0.745. The predicted octanol–water partition coefficient (Wildman–Crippen LogP) is 1.81. The number of furan rings is 1. The van der Waals surface area contributed by atoms with Gasteiger partial charge < -0.3 is 9.73 Å². The molecule has 0 spiro atoms. The smallest absolute Gasteiger partial charge is 0.122 e. The summed E-state index contributed by atoms with van der Waals surface area (Å²) in [6, 6.07) is 3.71. The zero-order valence-electron chi connectivity index (χ0n) is 12.2. The molecule has 0 radical (unpaired) electrons. The van der Waals surface area contributed by atoms with Gasteiger partial charge in [-0.2, -0.15) is 0 Å². The monoisotopic (exact) mass is 275 g/mol. The number of rotatable bonds is 5. The second-order valence-corrected chi connectivity index (χ2v) is 6.59. The van der Waals surface area contributed by atoms with E-state index in [1.165, 1.54) is 57.4 Å². The molecule has 1 atom stereocenters. The van der Waals surface area contributed by atoms with Crippen molar-refractivity contribution in [3.8, 4) is 0 Å². The van der Waals surface area contributed by atoms with Crippen LogP contribution in [0.25, 0.3) is 0 Å². The molecule has 1 aromatic rings. The molecule has 110 valence electrons. The predicted molar refractivity (Wildman–Crippen MR) is 78.4 cm³/mol. The average Bonchev–Trinajstić information content (AvgIpc) is 2.99. The summed E-state index contributed by atoms with van der Waals surface area (Å²) in [6.07, 6.45) is 7.29. The first-order chi connectivity index (χ1) is 9.88. The molecule has 4 nitrogen and oxygen atoms in total. The first kappa shape index (κ1) is 12.9. The van der Waals surface area contributed by atoms with Crippen molar-refractivity contribution in [1.82, 2.24) is 15.1 Å². The lowest BCUT2D eigenvalue weighted by Gasteiger charge is -2.37. The molecule has 1 N–H and O–H groups in total. The van der Waals surface area contributed by atoms with Gasteiger partial charge in [0.15, 0.2) is 0 Å². The largest absolute Gasteiger partial charge is 0.468 e. The van der Waals surface area contributed by atoms with Crippen LogP contribution in [0.2, 0.25) is 0 Å². The molecule has 3 fully saturated rings. The van der Waals surface area contributed by atoms with Crippen LogP contribution in [0.15, 0.2) is 16.7 Å². The van der Waals surface area contributed by atoms with Gasteiger partial charge in [0.2, 0.25) is 0 Å². The van der Waals surface area contributed by atoms with Crippen LogP contribution in [-0.4, -0.2) is 48.1 Å². The fourth-order valence-corrected chi connectivity index (χ4v) is 3.63. The van der Waals surface area contributed by atoms with Crippen molar-refractivity contribution in [2.45, 2.75) is 50.9 Å². The maximum absolute atomic E-state index is 5.67. The van der Waals surface area contributed by atoms with Crippen molar-refractivity contribution in [3.05, 3.63) is 23.7 Å². The summed E-state index contributed by atoms with van der Waals surface area (Å²) >= 11 is 0. The molecule has 2 saturated heterocycles. The van der Waals surface area contributed by atoms with Gasteiger partial charge in [-0.05, 0) is 38.3 Å². The number of fused-ring (bicyclic) bond motifs is 1. The highest BCUT2D eigenvalue weighted by molar-refractivity contribution is 5.17. The van der Waals surface area contributed by atoms with Crippen LogP contribution in [0.3, 0.4) is 0 Å². The Bertz CT molecular complexity index is 454. The highest BCUT2D eigenvalue weighted by Crippen LogP contribution is 2.24. The quantitative estimate of drug-likeness (QED) is 0.888. The van der Waals surface area contributed by atoms with Crippen molar-refractivity contribution in [2.24, 2.45) is 0 Å². The molecule has 1 saturated carbocycles. The number of hydrogen-bond donors (Lipinski definition) is 1. The van der Waals surface area contributed by atoms with Crippen LogP contribution in [0.1, 0.15) is 37.0 Å². The third-order valence-corrected chi connectivity index (χ3v) is 5.03. The van der Waals surface area contributed by atoms with Gasteiger partial charge in [0.1, 0.15) is 5.76 Å². The van der Waals surface area contributed by atoms with Gasteiger partial charge in [-0.1, -0.05) is 0 Å². The molecule has 2 aliphatic heterocycles. The van der Waals surface area contributed by atoms with Crippen molar-refractivity contribution in [2.75, 3.05) is 26.2 Å². The lowest BCUT2D eigenvalue weighted by atomic mass is 10.1. The summed E-state index contributed by atoms with van der Waals surface area (Å²) in [4.78, 5) is 5.28. The zero-order chi connectivity index (χ0) is 13.4. The van der Waals surface area contributed by atoms with Gasteiger partial charge in [-0.25, -0.2) is 0 Å². The van der Waals surface area contributed by atoms with Gasteiger partial charge in [0.25, 0.3) is 0 Å². The third kappa shape index (κ3) is 2.78. The second-order valence-electron chi connectivity index (χ2n) is 6.59. The Morgan fingerprint density at radius 2 is 2.15 bits per heavy atom. The van der Waals surface area contributed by atoms with E-state index in [0.29, 0.717) is 0 Å². The molecule has 1 unspecified atom stereocenters.